The summed E-state index contributed by atoms with van der Waals surface area (Å²) >= 11 is 0. The monoisotopic (exact) mass is 252 g/mol. The predicted octanol–water partition coefficient (Wildman–Crippen LogP) is 2.74. The fourth-order valence-corrected chi connectivity index (χ4v) is 1.93. The molecule has 0 saturated carbocycles. The van der Waals surface area contributed by atoms with E-state index in [-0.39, 0.29) is 5.54 Å². The molecule has 4 nitrogen and oxygen atoms in total. The zero-order chi connectivity index (χ0) is 13.8. The average Bonchev–Trinajstić information content (AvgIpc) is 2.70. The van der Waals surface area contributed by atoms with E-state index >= 15 is 0 Å². The predicted molar refractivity (Wildman–Crippen MR) is 75.9 cm³/mol. The lowest BCUT2D eigenvalue weighted by atomic mass is 10.1. The summed E-state index contributed by atoms with van der Waals surface area (Å²) in [5.41, 5.74) is 0.185. The molecule has 1 heterocycles. The van der Waals surface area contributed by atoms with Crippen LogP contribution in [0.1, 0.15) is 65.7 Å². The Labute approximate surface area is 111 Å². The third-order valence-electron chi connectivity index (χ3n) is 3.01. The van der Waals surface area contributed by atoms with E-state index in [9.17, 15) is 0 Å². The SMILES string of the molecule is CCc1nc(CC)n(C(C)CCNC(C)(C)C)n1. The van der Waals surface area contributed by atoms with Crippen molar-refractivity contribution in [1.29, 1.82) is 0 Å². The highest BCUT2D eigenvalue weighted by Gasteiger charge is 2.14. The topological polar surface area (TPSA) is 42.7 Å². The van der Waals surface area contributed by atoms with Crippen LogP contribution in [0.25, 0.3) is 0 Å². The summed E-state index contributed by atoms with van der Waals surface area (Å²) in [6, 6.07) is 0.405. The van der Waals surface area contributed by atoms with Crippen molar-refractivity contribution >= 4 is 0 Å². The van der Waals surface area contributed by atoms with Gasteiger partial charge in [0, 0.05) is 18.4 Å². The molecular weight excluding hydrogens is 224 g/mol. The number of aromatic nitrogens is 3. The summed E-state index contributed by atoms with van der Waals surface area (Å²) < 4.78 is 2.10. The van der Waals surface area contributed by atoms with Crippen molar-refractivity contribution in [2.45, 2.75) is 72.4 Å². The molecule has 1 aromatic heterocycles. The number of nitrogens with zero attached hydrogens (tertiary/aromatic N) is 3. The van der Waals surface area contributed by atoms with Gasteiger partial charge in [-0.1, -0.05) is 13.8 Å². The minimum absolute atomic E-state index is 0.185. The molecule has 0 aliphatic rings. The van der Waals surface area contributed by atoms with Gasteiger partial charge >= 0.3 is 0 Å². The zero-order valence-corrected chi connectivity index (χ0v) is 12.7. The van der Waals surface area contributed by atoms with E-state index in [1.165, 1.54) is 0 Å². The van der Waals surface area contributed by atoms with Crippen LogP contribution >= 0.6 is 0 Å². The quantitative estimate of drug-likeness (QED) is 0.846. The van der Waals surface area contributed by atoms with E-state index in [0.29, 0.717) is 6.04 Å². The van der Waals surface area contributed by atoms with Gasteiger partial charge in [0.05, 0.1) is 6.04 Å². The van der Waals surface area contributed by atoms with Crippen molar-refractivity contribution in [3.63, 3.8) is 0 Å². The van der Waals surface area contributed by atoms with Crippen molar-refractivity contribution in [2.24, 2.45) is 0 Å². The Bertz CT molecular complexity index is 362. The first-order valence-electron chi connectivity index (χ1n) is 7.06. The first-order valence-corrected chi connectivity index (χ1v) is 7.06. The van der Waals surface area contributed by atoms with Crippen molar-refractivity contribution in [3.8, 4) is 0 Å². The zero-order valence-electron chi connectivity index (χ0n) is 12.7. The van der Waals surface area contributed by atoms with E-state index < -0.39 is 0 Å². The number of hydrogen-bond donors (Lipinski definition) is 1. The van der Waals surface area contributed by atoms with Gasteiger partial charge in [0.15, 0.2) is 5.82 Å². The van der Waals surface area contributed by atoms with E-state index in [2.05, 4.69) is 61.6 Å². The third kappa shape index (κ3) is 4.41. The second-order valence-electron chi connectivity index (χ2n) is 5.91. The van der Waals surface area contributed by atoms with Crippen molar-refractivity contribution in [3.05, 3.63) is 11.6 Å². The maximum atomic E-state index is 4.59. The fourth-order valence-electron chi connectivity index (χ4n) is 1.93. The molecule has 1 atom stereocenters. The second-order valence-corrected chi connectivity index (χ2v) is 5.91. The number of aryl methyl sites for hydroxylation is 2. The smallest absolute Gasteiger partial charge is 0.150 e. The molecule has 0 bridgehead atoms. The molecule has 1 unspecified atom stereocenters. The van der Waals surface area contributed by atoms with Gasteiger partial charge < -0.3 is 5.32 Å². The van der Waals surface area contributed by atoms with E-state index in [0.717, 1.165) is 37.5 Å². The van der Waals surface area contributed by atoms with Gasteiger partial charge in [0.1, 0.15) is 5.82 Å². The Morgan fingerprint density at radius 3 is 2.39 bits per heavy atom. The van der Waals surface area contributed by atoms with Crippen LogP contribution in [0.15, 0.2) is 0 Å². The van der Waals surface area contributed by atoms with Gasteiger partial charge in [-0.3, -0.25) is 0 Å². The van der Waals surface area contributed by atoms with Gasteiger partial charge in [0.25, 0.3) is 0 Å². The largest absolute Gasteiger partial charge is 0.312 e. The molecule has 0 amide bonds. The summed E-state index contributed by atoms with van der Waals surface area (Å²) in [6.07, 6.45) is 2.94. The first kappa shape index (κ1) is 15.2. The molecule has 1 aromatic rings. The van der Waals surface area contributed by atoms with Gasteiger partial charge in [0.2, 0.25) is 0 Å². The lowest BCUT2D eigenvalue weighted by Crippen LogP contribution is -2.37. The molecule has 0 radical (unpaired) electrons. The van der Waals surface area contributed by atoms with E-state index in [1.807, 2.05) is 0 Å². The highest BCUT2D eigenvalue weighted by Crippen LogP contribution is 2.13. The standard InChI is InChI=1S/C14H28N4/c1-7-12-16-13(8-2)18(17-12)11(3)9-10-15-14(4,5)6/h11,15H,7-10H2,1-6H3. The molecule has 0 aliphatic heterocycles. The van der Waals surface area contributed by atoms with Crippen LogP contribution in [-0.4, -0.2) is 26.8 Å². The maximum absolute atomic E-state index is 4.59. The molecule has 0 aliphatic carbocycles. The fraction of sp³-hybridized carbons (Fsp3) is 0.857. The van der Waals surface area contributed by atoms with Crippen molar-refractivity contribution in [1.82, 2.24) is 20.1 Å². The number of rotatable bonds is 6. The molecule has 0 saturated heterocycles. The summed E-state index contributed by atoms with van der Waals surface area (Å²) in [6.45, 7) is 14.1. The van der Waals surface area contributed by atoms with E-state index in [1.54, 1.807) is 0 Å². The molecule has 4 heteroatoms. The Morgan fingerprint density at radius 2 is 1.89 bits per heavy atom. The normalized spacial score (nSPS) is 13.9. The molecule has 1 N–H and O–H groups in total. The molecule has 0 aromatic carbocycles. The van der Waals surface area contributed by atoms with Crippen LogP contribution in [0.4, 0.5) is 0 Å². The summed E-state index contributed by atoms with van der Waals surface area (Å²) in [5, 5.41) is 8.11. The Hall–Kier alpha value is -0.900. The van der Waals surface area contributed by atoms with Gasteiger partial charge in [-0.15, -0.1) is 0 Å². The first-order chi connectivity index (χ1) is 8.37. The average molecular weight is 252 g/mol. The van der Waals surface area contributed by atoms with Crippen molar-refractivity contribution < 1.29 is 0 Å². The van der Waals surface area contributed by atoms with Gasteiger partial charge in [-0.2, -0.15) is 5.10 Å². The van der Waals surface area contributed by atoms with Gasteiger partial charge in [-0.05, 0) is 40.7 Å². The summed E-state index contributed by atoms with van der Waals surface area (Å²) in [7, 11) is 0. The number of hydrogen-bond acceptors (Lipinski definition) is 3. The minimum Gasteiger partial charge on any atom is -0.312 e. The Kier molecular flexibility index (Phi) is 5.32. The molecule has 104 valence electrons. The lowest BCUT2D eigenvalue weighted by Gasteiger charge is -2.22. The highest BCUT2D eigenvalue weighted by atomic mass is 15.4. The van der Waals surface area contributed by atoms with Crippen LogP contribution in [-0.2, 0) is 12.8 Å². The maximum Gasteiger partial charge on any atom is 0.150 e. The second kappa shape index (κ2) is 6.32. The molecule has 0 fully saturated rings. The lowest BCUT2D eigenvalue weighted by molar-refractivity contribution is 0.374. The molecular formula is C14H28N4. The van der Waals surface area contributed by atoms with Crippen LogP contribution in [0.3, 0.4) is 0 Å². The molecule has 0 spiro atoms. The molecule has 1 rings (SSSR count). The van der Waals surface area contributed by atoms with E-state index in [4.69, 9.17) is 0 Å². The van der Waals surface area contributed by atoms with Crippen LogP contribution in [0, 0.1) is 0 Å². The summed E-state index contributed by atoms with van der Waals surface area (Å²) in [4.78, 5) is 4.56. The van der Waals surface area contributed by atoms with Crippen LogP contribution in [0.2, 0.25) is 0 Å². The van der Waals surface area contributed by atoms with Crippen LogP contribution in [0.5, 0.6) is 0 Å². The number of nitrogens with one attached hydrogen (secondary N) is 1. The third-order valence-corrected chi connectivity index (χ3v) is 3.01. The molecule has 18 heavy (non-hydrogen) atoms. The Balaban J connectivity index is 2.60. The van der Waals surface area contributed by atoms with Gasteiger partial charge in [-0.25, -0.2) is 9.67 Å². The Morgan fingerprint density at radius 1 is 1.22 bits per heavy atom. The van der Waals surface area contributed by atoms with Crippen molar-refractivity contribution in [2.75, 3.05) is 6.54 Å². The highest BCUT2D eigenvalue weighted by molar-refractivity contribution is 4.94. The van der Waals surface area contributed by atoms with Crippen LogP contribution < -0.4 is 5.32 Å². The minimum atomic E-state index is 0.185. The summed E-state index contributed by atoms with van der Waals surface area (Å²) in [5.74, 6) is 2.07.